The van der Waals surface area contributed by atoms with E-state index >= 15 is 0 Å². The first-order valence-electron chi connectivity index (χ1n) is 9.96. The number of nitrogens with one attached hydrogen (secondary N) is 1. The van der Waals surface area contributed by atoms with Gasteiger partial charge in [-0.15, -0.1) is 0 Å². The topological polar surface area (TPSA) is 66.5 Å². The highest BCUT2D eigenvalue weighted by atomic mass is 16.2. The summed E-state index contributed by atoms with van der Waals surface area (Å²) in [7, 11) is 0. The Hall–Kier alpha value is -3.73. The number of rotatable bonds is 6. The summed E-state index contributed by atoms with van der Waals surface area (Å²) in [5.74, 6) is -0.718. The number of benzene rings is 3. The van der Waals surface area contributed by atoms with Gasteiger partial charge in [-0.05, 0) is 37.1 Å². The van der Waals surface area contributed by atoms with Gasteiger partial charge in [-0.1, -0.05) is 60.2 Å². The number of anilines is 1. The Morgan fingerprint density at radius 3 is 2.33 bits per heavy atom. The summed E-state index contributed by atoms with van der Waals surface area (Å²) in [4.78, 5) is 38.8. The Bertz CT molecular complexity index is 1120. The third kappa shape index (κ3) is 3.87. The Labute approximate surface area is 175 Å². The smallest absolute Gasteiger partial charge is 0.261 e. The van der Waals surface area contributed by atoms with Crippen LogP contribution in [0.1, 0.15) is 39.1 Å². The number of amides is 3. The number of nitrogens with zero attached hydrogens (tertiary/aromatic N) is 1. The molecule has 0 fully saturated rings. The van der Waals surface area contributed by atoms with Gasteiger partial charge in [0.1, 0.15) is 0 Å². The fourth-order valence-corrected chi connectivity index (χ4v) is 3.68. The average molecular weight is 398 g/mol. The molecule has 1 aliphatic rings. The molecule has 0 aromatic heterocycles. The summed E-state index contributed by atoms with van der Waals surface area (Å²) in [6.07, 6.45) is 0.624. The summed E-state index contributed by atoms with van der Waals surface area (Å²) in [5.41, 5.74) is 4.53. The first kappa shape index (κ1) is 19.6. The van der Waals surface area contributed by atoms with Crippen LogP contribution in [0.15, 0.2) is 72.8 Å². The fourth-order valence-electron chi connectivity index (χ4n) is 3.68. The number of aryl methyl sites for hydroxylation is 1. The number of fused-ring (bicyclic) bond motifs is 1. The van der Waals surface area contributed by atoms with E-state index in [1.54, 1.807) is 12.1 Å². The highest BCUT2D eigenvalue weighted by molar-refractivity contribution is 6.21. The van der Waals surface area contributed by atoms with Gasteiger partial charge in [-0.25, -0.2) is 0 Å². The standard InChI is InChI=1S/C25H22N2O3/c1-17-13-14-20-21(16-17)25(30)27(24(20)29)15-7-12-23(28)26-22-11-6-5-10-19(22)18-8-3-2-4-9-18/h2-6,8-11,13-14,16H,7,12,15H2,1H3,(H,26,28). The summed E-state index contributed by atoms with van der Waals surface area (Å²) < 4.78 is 0. The van der Waals surface area contributed by atoms with Crippen LogP contribution < -0.4 is 5.32 Å². The molecule has 0 saturated carbocycles. The zero-order chi connectivity index (χ0) is 21.1. The van der Waals surface area contributed by atoms with Crippen molar-refractivity contribution in [3.63, 3.8) is 0 Å². The molecule has 0 unspecified atom stereocenters. The van der Waals surface area contributed by atoms with Crippen LogP contribution >= 0.6 is 0 Å². The number of para-hydroxylation sites is 1. The van der Waals surface area contributed by atoms with E-state index in [2.05, 4.69) is 5.32 Å². The molecule has 150 valence electrons. The lowest BCUT2D eigenvalue weighted by atomic mass is 10.0. The maximum absolute atomic E-state index is 12.5. The highest BCUT2D eigenvalue weighted by Gasteiger charge is 2.34. The third-order valence-electron chi connectivity index (χ3n) is 5.20. The normalized spacial score (nSPS) is 12.8. The maximum atomic E-state index is 12.5. The van der Waals surface area contributed by atoms with E-state index in [-0.39, 0.29) is 30.7 Å². The number of imide groups is 1. The van der Waals surface area contributed by atoms with Gasteiger partial charge in [0, 0.05) is 24.2 Å². The van der Waals surface area contributed by atoms with Crippen molar-refractivity contribution in [2.75, 3.05) is 11.9 Å². The quantitative estimate of drug-likeness (QED) is 0.613. The van der Waals surface area contributed by atoms with Crippen molar-refractivity contribution in [1.29, 1.82) is 0 Å². The van der Waals surface area contributed by atoms with Crippen molar-refractivity contribution >= 4 is 23.4 Å². The Kier molecular flexibility index (Phi) is 5.44. The maximum Gasteiger partial charge on any atom is 0.261 e. The molecule has 30 heavy (non-hydrogen) atoms. The second kappa shape index (κ2) is 8.33. The second-order valence-electron chi connectivity index (χ2n) is 7.37. The van der Waals surface area contributed by atoms with Crippen LogP contribution in [-0.4, -0.2) is 29.2 Å². The van der Waals surface area contributed by atoms with E-state index in [1.807, 2.05) is 67.6 Å². The van der Waals surface area contributed by atoms with Crippen LogP contribution in [0.3, 0.4) is 0 Å². The van der Waals surface area contributed by atoms with Crippen LogP contribution in [0.25, 0.3) is 11.1 Å². The van der Waals surface area contributed by atoms with Crippen molar-refractivity contribution in [3.05, 3.63) is 89.5 Å². The molecule has 5 nitrogen and oxygen atoms in total. The van der Waals surface area contributed by atoms with Gasteiger partial charge in [0.2, 0.25) is 5.91 Å². The molecule has 0 saturated heterocycles. The lowest BCUT2D eigenvalue weighted by Crippen LogP contribution is -2.31. The molecule has 1 N–H and O–H groups in total. The Morgan fingerprint density at radius 1 is 0.833 bits per heavy atom. The predicted molar refractivity (Wildman–Crippen MR) is 116 cm³/mol. The monoisotopic (exact) mass is 398 g/mol. The van der Waals surface area contributed by atoms with Gasteiger partial charge >= 0.3 is 0 Å². The molecule has 1 aliphatic heterocycles. The van der Waals surface area contributed by atoms with E-state index in [9.17, 15) is 14.4 Å². The zero-order valence-electron chi connectivity index (χ0n) is 16.7. The molecule has 0 atom stereocenters. The molecule has 3 amide bonds. The third-order valence-corrected chi connectivity index (χ3v) is 5.20. The number of hydrogen-bond acceptors (Lipinski definition) is 3. The first-order valence-corrected chi connectivity index (χ1v) is 9.96. The largest absolute Gasteiger partial charge is 0.326 e. The van der Waals surface area contributed by atoms with Gasteiger partial charge < -0.3 is 5.32 Å². The van der Waals surface area contributed by atoms with Crippen molar-refractivity contribution < 1.29 is 14.4 Å². The van der Waals surface area contributed by atoms with E-state index < -0.39 is 0 Å². The fraction of sp³-hybridized carbons (Fsp3) is 0.160. The molecule has 0 radical (unpaired) electrons. The summed E-state index contributed by atoms with van der Waals surface area (Å²) in [5, 5.41) is 2.95. The number of hydrogen-bond donors (Lipinski definition) is 1. The lowest BCUT2D eigenvalue weighted by molar-refractivity contribution is -0.116. The molecular weight excluding hydrogens is 376 g/mol. The summed E-state index contributed by atoms with van der Waals surface area (Å²) in [6.45, 7) is 2.11. The van der Waals surface area contributed by atoms with Crippen LogP contribution in [0.2, 0.25) is 0 Å². The number of carbonyl (C=O) groups excluding carboxylic acids is 3. The minimum atomic E-state index is -0.287. The first-order chi connectivity index (χ1) is 14.5. The molecule has 0 bridgehead atoms. The molecule has 4 rings (SSSR count). The van der Waals surface area contributed by atoms with E-state index in [4.69, 9.17) is 0 Å². The van der Waals surface area contributed by atoms with E-state index in [0.717, 1.165) is 22.4 Å². The van der Waals surface area contributed by atoms with E-state index in [0.29, 0.717) is 17.5 Å². The molecule has 0 aliphatic carbocycles. The van der Waals surface area contributed by atoms with Gasteiger partial charge in [-0.2, -0.15) is 0 Å². The SMILES string of the molecule is Cc1ccc2c(c1)C(=O)N(CCCC(=O)Nc1ccccc1-c1ccccc1)C2=O. The number of carbonyl (C=O) groups is 3. The minimum Gasteiger partial charge on any atom is -0.326 e. The predicted octanol–water partition coefficient (Wildman–Crippen LogP) is 4.68. The highest BCUT2D eigenvalue weighted by Crippen LogP contribution is 2.28. The van der Waals surface area contributed by atoms with Gasteiger partial charge in [0.25, 0.3) is 11.8 Å². The summed E-state index contributed by atoms with van der Waals surface area (Å²) in [6, 6.07) is 22.7. The molecule has 3 aromatic rings. The van der Waals surface area contributed by atoms with Gasteiger partial charge in [0.15, 0.2) is 0 Å². The van der Waals surface area contributed by atoms with Crippen LogP contribution in [-0.2, 0) is 4.79 Å². The van der Waals surface area contributed by atoms with Crippen LogP contribution in [0.5, 0.6) is 0 Å². The Morgan fingerprint density at radius 2 is 1.53 bits per heavy atom. The van der Waals surface area contributed by atoms with Crippen molar-refractivity contribution in [1.82, 2.24) is 4.90 Å². The van der Waals surface area contributed by atoms with Crippen LogP contribution in [0.4, 0.5) is 5.69 Å². The van der Waals surface area contributed by atoms with Gasteiger partial charge in [-0.3, -0.25) is 19.3 Å². The van der Waals surface area contributed by atoms with Crippen molar-refractivity contribution in [3.8, 4) is 11.1 Å². The molecular formula is C25H22N2O3. The Balaban J connectivity index is 1.37. The molecule has 1 heterocycles. The average Bonchev–Trinajstić information content (AvgIpc) is 2.99. The second-order valence-corrected chi connectivity index (χ2v) is 7.37. The van der Waals surface area contributed by atoms with Gasteiger partial charge in [0.05, 0.1) is 11.1 Å². The minimum absolute atomic E-state index is 0.147. The summed E-state index contributed by atoms with van der Waals surface area (Å²) >= 11 is 0. The molecule has 0 spiro atoms. The van der Waals surface area contributed by atoms with E-state index in [1.165, 1.54) is 4.90 Å². The molecule has 5 heteroatoms. The van der Waals surface area contributed by atoms with Crippen LogP contribution in [0, 0.1) is 6.92 Å². The van der Waals surface area contributed by atoms with Crippen molar-refractivity contribution in [2.45, 2.75) is 19.8 Å². The molecule has 3 aromatic carbocycles. The zero-order valence-corrected chi connectivity index (χ0v) is 16.7. The van der Waals surface area contributed by atoms with Crippen molar-refractivity contribution in [2.24, 2.45) is 0 Å². The lowest BCUT2D eigenvalue weighted by Gasteiger charge is -2.14.